The van der Waals surface area contributed by atoms with Gasteiger partial charge >= 0.3 is 7.60 Å². The fraction of sp³-hybridized carbons (Fsp3) is 0.786. The number of hydrogen-bond acceptors (Lipinski definition) is 2. The molecule has 0 bridgehead atoms. The van der Waals surface area contributed by atoms with Crippen molar-refractivity contribution in [3.05, 3.63) is 29.3 Å². The molecule has 1 aliphatic carbocycles. The Hall–Kier alpha value is -0.970. The van der Waals surface area contributed by atoms with Crippen molar-refractivity contribution in [2.75, 3.05) is 12.8 Å². The van der Waals surface area contributed by atoms with Gasteiger partial charge in [-0.2, -0.15) is 4.39 Å². The number of benzene rings is 1. The van der Waals surface area contributed by atoms with Crippen molar-refractivity contribution >= 4 is 7.60 Å². The molecule has 1 aliphatic rings. The van der Waals surface area contributed by atoms with Gasteiger partial charge in [0.05, 0.1) is 6.61 Å². The monoisotopic (exact) mass is 516 g/mol. The predicted molar refractivity (Wildman–Crippen MR) is 139 cm³/mol. The number of unbranched alkanes of at least 4 members (excludes halogenated alkanes) is 10. The Kier molecular flexibility index (Phi) is 14.4. The van der Waals surface area contributed by atoms with Crippen LogP contribution in [-0.2, 0) is 4.57 Å². The number of ether oxygens (including phenoxy) is 1. The van der Waals surface area contributed by atoms with Crippen molar-refractivity contribution in [3.8, 4) is 5.75 Å². The maximum absolute atomic E-state index is 14.8. The van der Waals surface area contributed by atoms with Gasteiger partial charge in [-0.3, -0.25) is 4.57 Å². The van der Waals surface area contributed by atoms with E-state index in [1.165, 1.54) is 25.7 Å². The van der Waals surface area contributed by atoms with Gasteiger partial charge in [0.15, 0.2) is 11.6 Å². The van der Waals surface area contributed by atoms with Gasteiger partial charge in [-0.15, -0.1) is 0 Å². The third kappa shape index (κ3) is 12.2. The van der Waals surface area contributed by atoms with Gasteiger partial charge in [0.25, 0.3) is 0 Å². The van der Waals surface area contributed by atoms with Crippen LogP contribution < -0.4 is 4.74 Å². The second-order valence-electron chi connectivity index (χ2n) is 10.4. The molecule has 0 atom stereocenters. The van der Waals surface area contributed by atoms with Crippen molar-refractivity contribution in [2.24, 2.45) is 5.92 Å². The van der Waals surface area contributed by atoms with Crippen LogP contribution in [0.2, 0.25) is 0 Å². The molecule has 1 aromatic carbocycles. The lowest BCUT2D eigenvalue weighted by Gasteiger charge is -2.29. The molecule has 0 saturated heterocycles. The highest BCUT2D eigenvalue weighted by atomic mass is 31.2. The molecule has 1 saturated carbocycles. The quantitative estimate of drug-likeness (QED) is 0.151. The molecule has 35 heavy (non-hydrogen) atoms. The Labute approximate surface area is 211 Å². The van der Waals surface area contributed by atoms with E-state index >= 15 is 0 Å². The van der Waals surface area contributed by atoms with E-state index in [0.29, 0.717) is 18.6 Å². The number of halogens is 2. The highest BCUT2D eigenvalue weighted by Crippen LogP contribution is 2.40. The summed E-state index contributed by atoms with van der Waals surface area (Å²) in [7, 11) is -3.84. The molecule has 0 aromatic heterocycles. The van der Waals surface area contributed by atoms with E-state index in [1.54, 1.807) is 12.1 Å². The second kappa shape index (κ2) is 16.7. The van der Waals surface area contributed by atoms with Crippen molar-refractivity contribution < 1.29 is 27.9 Å². The summed E-state index contributed by atoms with van der Waals surface area (Å²) in [4.78, 5) is 17.7. The van der Waals surface area contributed by atoms with Gasteiger partial charge in [0.2, 0.25) is 5.82 Å². The normalized spacial score (nSPS) is 18.7. The Bertz CT molecular complexity index is 760. The lowest BCUT2D eigenvalue weighted by Crippen LogP contribution is -2.15. The molecule has 7 heteroatoms. The Morgan fingerprint density at radius 3 is 2.03 bits per heavy atom. The first-order valence-electron chi connectivity index (χ1n) is 14.0. The van der Waals surface area contributed by atoms with Gasteiger partial charge in [-0.1, -0.05) is 83.6 Å². The Morgan fingerprint density at radius 1 is 0.829 bits per heavy atom. The molecule has 1 fully saturated rings. The second-order valence-corrected chi connectivity index (χ2v) is 12.2. The van der Waals surface area contributed by atoms with Gasteiger partial charge in [-0.25, -0.2) is 4.39 Å². The van der Waals surface area contributed by atoms with E-state index < -0.39 is 19.2 Å². The van der Waals surface area contributed by atoms with E-state index in [-0.39, 0.29) is 17.8 Å². The van der Waals surface area contributed by atoms with Crippen LogP contribution in [0.15, 0.2) is 12.1 Å². The maximum atomic E-state index is 14.8. The summed E-state index contributed by atoms with van der Waals surface area (Å²) in [6.07, 6.45) is 17.8. The van der Waals surface area contributed by atoms with E-state index in [9.17, 15) is 13.3 Å². The Balaban J connectivity index is 1.58. The van der Waals surface area contributed by atoms with Gasteiger partial charge in [-0.05, 0) is 62.0 Å². The van der Waals surface area contributed by atoms with Crippen molar-refractivity contribution in [1.29, 1.82) is 0 Å². The minimum Gasteiger partial charge on any atom is -0.490 e. The van der Waals surface area contributed by atoms with Gasteiger partial charge < -0.3 is 14.5 Å². The standard InChI is InChI=1S/C28H47F2O4P/c1-2-3-11-14-23-15-17-24(18-16-23)25-19-20-26(28(30)27(25)29)34-21-12-9-7-5-4-6-8-10-13-22-35(31,32)33/h19-20,23-24H,2-18,21-22H2,1H3,(H2,31,32,33). The lowest BCUT2D eigenvalue weighted by atomic mass is 9.77. The molecule has 0 aliphatic heterocycles. The summed E-state index contributed by atoms with van der Waals surface area (Å²) >= 11 is 0. The summed E-state index contributed by atoms with van der Waals surface area (Å²) in [5, 5.41) is 0. The minimum atomic E-state index is -3.84. The van der Waals surface area contributed by atoms with E-state index in [2.05, 4.69) is 6.92 Å². The lowest BCUT2D eigenvalue weighted by molar-refractivity contribution is 0.279. The maximum Gasteiger partial charge on any atom is 0.325 e. The first kappa shape index (κ1) is 30.3. The van der Waals surface area contributed by atoms with Crippen LogP contribution in [0.4, 0.5) is 8.78 Å². The van der Waals surface area contributed by atoms with Crippen LogP contribution in [0.3, 0.4) is 0 Å². The molecular weight excluding hydrogens is 469 g/mol. The first-order valence-corrected chi connectivity index (χ1v) is 15.8. The third-order valence-corrected chi connectivity index (χ3v) is 8.33. The highest BCUT2D eigenvalue weighted by Gasteiger charge is 2.26. The molecule has 202 valence electrons. The largest absolute Gasteiger partial charge is 0.490 e. The van der Waals surface area contributed by atoms with Crippen LogP contribution in [-0.4, -0.2) is 22.6 Å². The van der Waals surface area contributed by atoms with Crippen LogP contribution >= 0.6 is 7.60 Å². The summed E-state index contributed by atoms with van der Waals surface area (Å²) in [5.74, 6) is -0.681. The van der Waals surface area contributed by atoms with Crippen molar-refractivity contribution in [2.45, 2.75) is 122 Å². The molecular formula is C28H47F2O4P. The zero-order chi connectivity index (χ0) is 25.5. The molecule has 4 nitrogen and oxygen atoms in total. The predicted octanol–water partition coefficient (Wildman–Crippen LogP) is 8.89. The molecule has 0 amide bonds. The fourth-order valence-electron chi connectivity index (χ4n) is 5.26. The molecule has 0 unspecified atom stereocenters. The van der Waals surface area contributed by atoms with Crippen LogP contribution in [0, 0.1) is 17.6 Å². The summed E-state index contributed by atoms with van der Waals surface area (Å²) in [6, 6.07) is 3.34. The summed E-state index contributed by atoms with van der Waals surface area (Å²) in [6.45, 7) is 2.61. The van der Waals surface area contributed by atoms with E-state index in [4.69, 9.17) is 14.5 Å². The Morgan fingerprint density at radius 2 is 1.43 bits per heavy atom. The number of rotatable bonds is 18. The molecule has 0 heterocycles. The van der Waals surface area contributed by atoms with Crippen LogP contribution in [0.25, 0.3) is 0 Å². The smallest absolute Gasteiger partial charge is 0.325 e. The first-order chi connectivity index (χ1) is 16.8. The van der Waals surface area contributed by atoms with E-state index in [1.807, 2.05) is 0 Å². The zero-order valence-electron chi connectivity index (χ0n) is 21.7. The van der Waals surface area contributed by atoms with Crippen molar-refractivity contribution in [3.63, 3.8) is 0 Å². The average molecular weight is 517 g/mol. The third-order valence-electron chi connectivity index (χ3n) is 7.43. The summed E-state index contributed by atoms with van der Waals surface area (Å²) in [5.41, 5.74) is 0.517. The molecule has 0 radical (unpaired) electrons. The van der Waals surface area contributed by atoms with Gasteiger partial charge in [0, 0.05) is 6.16 Å². The molecule has 1 aromatic rings. The van der Waals surface area contributed by atoms with Crippen molar-refractivity contribution in [1.82, 2.24) is 0 Å². The number of hydrogen-bond donors (Lipinski definition) is 2. The van der Waals surface area contributed by atoms with Gasteiger partial charge in [0.1, 0.15) is 0 Å². The zero-order valence-corrected chi connectivity index (χ0v) is 22.6. The molecule has 2 N–H and O–H groups in total. The van der Waals surface area contributed by atoms with Crippen LogP contribution in [0.1, 0.15) is 128 Å². The topological polar surface area (TPSA) is 66.8 Å². The SMILES string of the molecule is CCCCCC1CCC(c2ccc(OCCCCCCCCCCCP(=O)(O)O)c(F)c2F)CC1. The minimum absolute atomic E-state index is 0.0135. The summed E-state index contributed by atoms with van der Waals surface area (Å²) < 4.78 is 45.7. The highest BCUT2D eigenvalue weighted by molar-refractivity contribution is 7.51. The van der Waals surface area contributed by atoms with Crippen LogP contribution in [0.5, 0.6) is 5.75 Å². The molecule has 2 rings (SSSR count). The fourth-order valence-corrected chi connectivity index (χ4v) is 5.89. The van der Waals surface area contributed by atoms with E-state index in [0.717, 1.165) is 83.0 Å². The molecule has 0 spiro atoms. The average Bonchev–Trinajstić information content (AvgIpc) is 2.82.